The molecule has 2 aromatic rings. The normalized spacial score (nSPS) is 16.8. The summed E-state index contributed by atoms with van der Waals surface area (Å²) in [7, 11) is 0. The fraction of sp³-hybridized carbons (Fsp3) is 0.467. The van der Waals surface area contributed by atoms with Gasteiger partial charge in [0.25, 0.3) is 0 Å². The van der Waals surface area contributed by atoms with Gasteiger partial charge in [0.05, 0.1) is 0 Å². The summed E-state index contributed by atoms with van der Waals surface area (Å²) in [5.74, 6) is 0. The van der Waals surface area contributed by atoms with Crippen LogP contribution in [0.2, 0.25) is 0 Å². The summed E-state index contributed by atoms with van der Waals surface area (Å²) in [6.45, 7) is 0.542. The van der Waals surface area contributed by atoms with Crippen LogP contribution in [0.5, 0.6) is 0 Å². The number of nitrogens with one attached hydrogen (secondary N) is 2. The standard InChI is InChI=1S/C15H20N4OS/c20-15(18-12-5-1-2-6-12)16-11-13(14-7-3-10-21-14)19-9-4-8-17-19/h3-4,7-10,12-13H,1-2,5-6,11H2,(H2,16,18,20). The highest BCUT2D eigenvalue weighted by Gasteiger charge is 2.19. The molecule has 5 nitrogen and oxygen atoms in total. The number of aromatic nitrogens is 2. The summed E-state index contributed by atoms with van der Waals surface area (Å²) in [5, 5.41) is 12.4. The van der Waals surface area contributed by atoms with Crippen LogP contribution in [0.25, 0.3) is 0 Å². The second kappa shape index (κ2) is 6.76. The minimum atomic E-state index is -0.0735. The molecule has 2 heterocycles. The average Bonchev–Trinajstić information content (AvgIpc) is 3.23. The molecule has 112 valence electrons. The van der Waals surface area contributed by atoms with Gasteiger partial charge in [0, 0.05) is 29.9 Å². The lowest BCUT2D eigenvalue weighted by Crippen LogP contribution is -2.43. The molecule has 0 aromatic carbocycles. The van der Waals surface area contributed by atoms with Gasteiger partial charge >= 0.3 is 6.03 Å². The zero-order valence-electron chi connectivity index (χ0n) is 11.9. The first-order valence-electron chi connectivity index (χ1n) is 7.40. The second-order valence-corrected chi connectivity index (χ2v) is 6.33. The quantitative estimate of drug-likeness (QED) is 0.892. The molecule has 0 aliphatic heterocycles. The molecule has 21 heavy (non-hydrogen) atoms. The summed E-state index contributed by atoms with van der Waals surface area (Å²) >= 11 is 1.68. The minimum absolute atomic E-state index is 0.0503. The lowest BCUT2D eigenvalue weighted by Gasteiger charge is -2.18. The van der Waals surface area contributed by atoms with Crippen LogP contribution in [0.4, 0.5) is 4.79 Å². The van der Waals surface area contributed by atoms with Gasteiger partial charge in [0.15, 0.2) is 0 Å². The Kier molecular flexibility index (Phi) is 4.55. The smallest absolute Gasteiger partial charge is 0.315 e. The molecule has 1 aliphatic rings. The number of rotatable bonds is 5. The third-order valence-corrected chi connectivity index (χ3v) is 4.84. The molecule has 0 radical (unpaired) electrons. The van der Waals surface area contributed by atoms with Crippen molar-refractivity contribution in [1.82, 2.24) is 20.4 Å². The molecule has 3 rings (SSSR count). The number of urea groups is 1. The van der Waals surface area contributed by atoms with E-state index in [0.29, 0.717) is 12.6 Å². The number of hydrogen-bond acceptors (Lipinski definition) is 3. The lowest BCUT2D eigenvalue weighted by molar-refractivity contribution is 0.235. The van der Waals surface area contributed by atoms with Gasteiger partial charge in [-0.1, -0.05) is 18.9 Å². The van der Waals surface area contributed by atoms with Gasteiger partial charge in [0.1, 0.15) is 6.04 Å². The Bertz CT molecular complexity index is 512. The zero-order valence-corrected chi connectivity index (χ0v) is 12.7. The molecule has 1 aliphatic carbocycles. The number of hydrogen-bond donors (Lipinski definition) is 2. The third kappa shape index (κ3) is 3.64. The van der Waals surface area contributed by atoms with Crippen molar-refractivity contribution in [1.29, 1.82) is 0 Å². The van der Waals surface area contributed by atoms with E-state index in [1.807, 2.05) is 28.4 Å². The fourth-order valence-corrected chi connectivity index (χ4v) is 3.59. The summed E-state index contributed by atoms with van der Waals surface area (Å²) in [5.41, 5.74) is 0. The fourth-order valence-electron chi connectivity index (χ4n) is 2.77. The molecule has 1 atom stereocenters. The van der Waals surface area contributed by atoms with Crippen molar-refractivity contribution in [2.24, 2.45) is 0 Å². The van der Waals surface area contributed by atoms with Crippen molar-refractivity contribution in [2.45, 2.75) is 37.8 Å². The predicted molar refractivity (Wildman–Crippen MR) is 83.5 cm³/mol. The van der Waals surface area contributed by atoms with E-state index in [1.165, 1.54) is 17.7 Å². The Morgan fingerprint density at radius 2 is 2.29 bits per heavy atom. The van der Waals surface area contributed by atoms with E-state index in [4.69, 9.17) is 0 Å². The Hall–Kier alpha value is -1.82. The number of amides is 2. The molecule has 1 saturated carbocycles. The van der Waals surface area contributed by atoms with E-state index in [0.717, 1.165) is 12.8 Å². The van der Waals surface area contributed by atoms with Gasteiger partial charge in [-0.25, -0.2) is 4.79 Å². The number of thiophene rings is 1. The van der Waals surface area contributed by atoms with Crippen molar-refractivity contribution >= 4 is 17.4 Å². The largest absolute Gasteiger partial charge is 0.336 e. The van der Waals surface area contributed by atoms with Gasteiger partial charge in [-0.15, -0.1) is 11.3 Å². The maximum absolute atomic E-state index is 12.0. The molecular weight excluding hydrogens is 284 g/mol. The lowest BCUT2D eigenvalue weighted by atomic mass is 10.2. The van der Waals surface area contributed by atoms with Gasteiger partial charge in [-0.05, 0) is 30.4 Å². The van der Waals surface area contributed by atoms with Crippen LogP contribution in [0.15, 0.2) is 36.0 Å². The molecule has 1 unspecified atom stereocenters. The van der Waals surface area contributed by atoms with E-state index in [2.05, 4.69) is 21.8 Å². The Balaban J connectivity index is 1.58. The van der Waals surface area contributed by atoms with Gasteiger partial charge in [-0.3, -0.25) is 4.68 Å². The number of carbonyl (C=O) groups excluding carboxylic acids is 1. The first-order chi connectivity index (χ1) is 10.3. The molecule has 6 heteroatoms. The van der Waals surface area contributed by atoms with Crippen LogP contribution in [0, 0.1) is 0 Å². The first-order valence-corrected chi connectivity index (χ1v) is 8.28. The molecule has 2 aromatic heterocycles. The van der Waals surface area contributed by atoms with Crippen LogP contribution < -0.4 is 10.6 Å². The molecule has 0 spiro atoms. The average molecular weight is 304 g/mol. The number of nitrogens with zero attached hydrogens (tertiary/aromatic N) is 2. The minimum Gasteiger partial charge on any atom is -0.336 e. The van der Waals surface area contributed by atoms with Gasteiger partial charge in [0.2, 0.25) is 0 Å². The first kappa shape index (κ1) is 14.1. The SMILES string of the molecule is O=C(NCC(c1cccs1)n1cccn1)NC1CCCC1. The highest BCUT2D eigenvalue weighted by atomic mass is 32.1. The summed E-state index contributed by atoms with van der Waals surface area (Å²) in [6.07, 6.45) is 8.33. The summed E-state index contributed by atoms with van der Waals surface area (Å²) in [4.78, 5) is 13.2. The maximum Gasteiger partial charge on any atom is 0.315 e. The van der Waals surface area contributed by atoms with Crippen LogP contribution in [0.1, 0.15) is 36.6 Å². The highest BCUT2D eigenvalue weighted by molar-refractivity contribution is 7.10. The van der Waals surface area contributed by atoms with Gasteiger partial charge < -0.3 is 10.6 Å². The van der Waals surface area contributed by atoms with Crippen LogP contribution in [0.3, 0.4) is 0 Å². The highest BCUT2D eigenvalue weighted by Crippen LogP contribution is 2.22. The van der Waals surface area contributed by atoms with E-state index in [-0.39, 0.29) is 12.1 Å². The molecule has 2 amide bonds. The maximum atomic E-state index is 12.0. The monoisotopic (exact) mass is 304 g/mol. The van der Waals surface area contributed by atoms with Crippen LogP contribution in [-0.4, -0.2) is 28.4 Å². The second-order valence-electron chi connectivity index (χ2n) is 5.35. The van der Waals surface area contributed by atoms with E-state index < -0.39 is 0 Å². The van der Waals surface area contributed by atoms with Crippen LogP contribution >= 0.6 is 11.3 Å². The Morgan fingerprint density at radius 1 is 1.43 bits per heavy atom. The third-order valence-electron chi connectivity index (χ3n) is 3.86. The van der Waals surface area contributed by atoms with Crippen molar-refractivity contribution < 1.29 is 4.79 Å². The van der Waals surface area contributed by atoms with E-state index >= 15 is 0 Å². The summed E-state index contributed by atoms with van der Waals surface area (Å²) in [6, 6.07) is 6.32. The molecule has 0 saturated heterocycles. The van der Waals surface area contributed by atoms with Crippen molar-refractivity contribution in [2.75, 3.05) is 6.54 Å². The number of carbonyl (C=O) groups is 1. The predicted octanol–water partition coefficient (Wildman–Crippen LogP) is 2.78. The van der Waals surface area contributed by atoms with Gasteiger partial charge in [-0.2, -0.15) is 5.10 Å². The Labute approximate surface area is 128 Å². The summed E-state index contributed by atoms with van der Waals surface area (Å²) < 4.78 is 1.89. The van der Waals surface area contributed by atoms with Crippen molar-refractivity contribution in [3.63, 3.8) is 0 Å². The molecule has 0 bridgehead atoms. The van der Waals surface area contributed by atoms with Crippen molar-refractivity contribution in [3.05, 3.63) is 40.8 Å². The molecule has 1 fully saturated rings. The topological polar surface area (TPSA) is 59.0 Å². The van der Waals surface area contributed by atoms with Crippen LogP contribution in [-0.2, 0) is 0 Å². The van der Waals surface area contributed by atoms with Crippen molar-refractivity contribution in [3.8, 4) is 0 Å². The molecule has 2 N–H and O–H groups in total. The van der Waals surface area contributed by atoms with E-state index in [1.54, 1.807) is 17.5 Å². The van der Waals surface area contributed by atoms with E-state index in [9.17, 15) is 4.79 Å². The zero-order chi connectivity index (χ0) is 14.5. The molecular formula is C15H20N4OS. The Morgan fingerprint density at radius 3 is 2.95 bits per heavy atom.